The Bertz CT molecular complexity index is 1000. The van der Waals surface area contributed by atoms with Gasteiger partial charge in [-0.25, -0.2) is 13.8 Å². The minimum Gasteiger partial charge on any atom is -0.494 e. The first-order valence-electron chi connectivity index (χ1n) is 9.65. The maximum absolute atomic E-state index is 12.6. The summed E-state index contributed by atoms with van der Waals surface area (Å²) in [6.07, 6.45) is 4.16. The Hall–Kier alpha value is -3.33. The molecule has 0 bridgehead atoms. The summed E-state index contributed by atoms with van der Waals surface area (Å²) < 4.78 is 36.5. The first kappa shape index (κ1) is 23.9. The zero-order chi connectivity index (χ0) is 22.9. The molecule has 1 atom stereocenters. The Labute approximate surface area is 183 Å². The maximum Gasteiger partial charge on any atom is 0.263 e. The highest BCUT2D eigenvalue weighted by molar-refractivity contribution is 7.92. The molecule has 1 amide bonds. The highest BCUT2D eigenvalue weighted by Gasteiger charge is 2.29. The minimum atomic E-state index is -3.72. The zero-order valence-corrected chi connectivity index (χ0v) is 18.6. The predicted molar refractivity (Wildman–Crippen MR) is 122 cm³/mol. The molecule has 2 aromatic rings. The Kier molecular flexibility index (Phi) is 8.63. The normalized spacial score (nSPS) is 12.2. The third-order valence-electron chi connectivity index (χ3n) is 4.13. The van der Waals surface area contributed by atoms with Crippen molar-refractivity contribution < 1.29 is 22.7 Å². The fraction of sp³-hybridized carbons (Fsp3) is 0.273. The second-order valence-corrected chi connectivity index (χ2v) is 8.42. The van der Waals surface area contributed by atoms with E-state index in [1.54, 1.807) is 54.6 Å². The van der Waals surface area contributed by atoms with Gasteiger partial charge < -0.3 is 9.47 Å². The molecule has 0 aliphatic rings. The van der Waals surface area contributed by atoms with Crippen molar-refractivity contribution in [3.05, 3.63) is 66.7 Å². The third kappa shape index (κ3) is 7.14. The van der Waals surface area contributed by atoms with Crippen molar-refractivity contribution in [2.24, 2.45) is 5.10 Å². The summed E-state index contributed by atoms with van der Waals surface area (Å²) >= 11 is 0. The van der Waals surface area contributed by atoms with E-state index in [0.717, 1.165) is 16.1 Å². The number of hydrazone groups is 1. The van der Waals surface area contributed by atoms with Crippen LogP contribution in [0.5, 0.6) is 11.5 Å². The number of carbonyl (C=O) groups excluding carboxylic acids is 1. The Morgan fingerprint density at radius 3 is 2.26 bits per heavy atom. The number of nitrogens with one attached hydrogen (secondary N) is 1. The summed E-state index contributed by atoms with van der Waals surface area (Å²) in [5.74, 6) is 0.734. The van der Waals surface area contributed by atoms with Gasteiger partial charge in [0.25, 0.3) is 5.91 Å². The van der Waals surface area contributed by atoms with E-state index >= 15 is 0 Å². The van der Waals surface area contributed by atoms with Gasteiger partial charge in [-0.3, -0.25) is 9.10 Å². The van der Waals surface area contributed by atoms with Gasteiger partial charge in [0, 0.05) is 0 Å². The van der Waals surface area contributed by atoms with E-state index in [-0.39, 0.29) is 0 Å². The minimum absolute atomic E-state index is 0.354. The molecule has 2 rings (SSSR count). The lowest BCUT2D eigenvalue weighted by Gasteiger charge is -2.27. The van der Waals surface area contributed by atoms with Crippen LogP contribution >= 0.6 is 0 Å². The van der Waals surface area contributed by atoms with E-state index in [4.69, 9.17) is 9.47 Å². The number of amides is 1. The summed E-state index contributed by atoms with van der Waals surface area (Å²) in [6.45, 7) is 7.85. The van der Waals surface area contributed by atoms with Gasteiger partial charge in [0.1, 0.15) is 24.1 Å². The topological polar surface area (TPSA) is 97.3 Å². The first-order chi connectivity index (χ1) is 14.8. The van der Waals surface area contributed by atoms with E-state index in [2.05, 4.69) is 17.1 Å². The van der Waals surface area contributed by atoms with Crippen LogP contribution in [-0.4, -0.2) is 46.1 Å². The van der Waals surface area contributed by atoms with Crippen LogP contribution in [0.25, 0.3) is 0 Å². The number of carbonyl (C=O) groups is 1. The largest absolute Gasteiger partial charge is 0.494 e. The summed E-state index contributed by atoms with van der Waals surface area (Å²) in [7, 11) is -3.72. The fourth-order valence-electron chi connectivity index (χ4n) is 2.73. The van der Waals surface area contributed by atoms with Crippen LogP contribution in [0.15, 0.2) is 66.3 Å². The van der Waals surface area contributed by atoms with Crippen LogP contribution in [-0.2, 0) is 14.8 Å². The molecule has 0 spiro atoms. The van der Waals surface area contributed by atoms with E-state index in [9.17, 15) is 13.2 Å². The number of hydrogen-bond donors (Lipinski definition) is 1. The van der Waals surface area contributed by atoms with E-state index < -0.39 is 22.0 Å². The van der Waals surface area contributed by atoms with E-state index in [1.165, 1.54) is 13.1 Å². The van der Waals surface area contributed by atoms with Gasteiger partial charge in [0.05, 0.1) is 24.8 Å². The molecule has 0 aliphatic heterocycles. The number of rotatable bonds is 11. The number of anilines is 1. The Balaban J connectivity index is 2.07. The lowest BCUT2D eigenvalue weighted by Crippen LogP contribution is -2.46. The van der Waals surface area contributed by atoms with Gasteiger partial charge in [-0.05, 0) is 67.9 Å². The van der Waals surface area contributed by atoms with Crippen molar-refractivity contribution in [2.75, 3.05) is 23.8 Å². The van der Waals surface area contributed by atoms with Crippen molar-refractivity contribution in [2.45, 2.75) is 19.9 Å². The molecular weight excluding hydrogens is 418 g/mol. The molecule has 31 heavy (non-hydrogen) atoms. The average Bonchev–Trinajstić information content (AvgIpc) is 2.73. The number of ether oxygens (including phenoxy) is 2. The van der Waals surface area contributed by atoms with Crippen LogP contribution in [0.1, 0.15) is 19.4 Å². The summed E-state index contributed by atoms with van der Waals surface area (Å²) in [5.41, 5.74) is 3.48. The van der Waals surface area contributed by atoms with Crippen LogP contribution in [0.4, 0.5) is 5.69 Å². The second kappa shape index (κ2) is 11.2. The van der Waals surface area contributed by atoms with E-state index in [1.807, 2.05) is 6.92 Å². The highest BCUT2D eigenvalue weighted by atomic mass is 32.2. The van der Waals surface area contributed by atoms with Crippen molar-refractivity contribution in [3.8, 4) is 11.5 Å². The van der Waals surface area contributed by atoms with E-state index in [0.29, 0.717) is 30.4 Å². The molecule has 0 unspecified atom stereocenters. The number of benzene rings is 2. The molecule has 0 saturated carbocycles. The summed E-state index contributed by atoms with van der Waals surface area (Å²) in [6, 6.07) is 12.6. The lowest BCUT2D eigenvalue weighted by atomic mass is 10.2. The molecule has 0 saturated heterocycles. The first-order valence-corrected chi connectivity index (χ1v) is 11.5. The summed E-state index contributed by atoms with van der Waals surface area (Å²) in [5, 5.41) is 3.93. The van der Waals surface area contributed by atoms with Gasteiger partial charge in [-0.15, -0.1) is 0 Å². The van der Waals surface area contributed by atoms with Crippen LogP contribution in [0.2, 0.25) is 0 Å². The van der Waals surface area contributed by atoms with Crippen molar-refractivity contribution in [1.29, 1.82) is 0 Å². The second-order valence-electron chi connectivity index (χ2n) is 6.56. The van der Waals surface area contributed by atoms with Crippen molar-refractivity contribution in [1.82, 2.24) is 5.43 Å². The molecule has 1 N–H and O–H groups in total. The third-order valence-corrected chi connectivity index (χ3v) is 5.37. The molecule has 0 fully saturated rings. The smallest absolute Gasteiger partial charge is 0.263 e. The van der Waals surface area contributed by atoms with Crippen molar-refractivity contribution in [3.63, 3.8) is 0 Å². The fourth-order valence-corrected chi connectivity index (χ4v) is 3.91. The van der Waals surface area contributed by atoms with Crippen LogP contribution in [0, 0.1) is 0 Å². The monoisotopic (exact) mass is 445 g/mol. The molecule has 0 aliphatic carbocycles. The number of nitrogens with zero attached hydrogens (tertiary/aromatic N) is 2. The number of sulfonamides is 1. The maximum atomic E-state index is 12.6. The molecule has 0 heterocycles. The SMILES string of the molecule is C=CCOc1ccc(/C=N\NC(=O)[C@@H](C)N(c2ccc(OCC)cc2)S(C)(=O)=O)cc1. The standard InChI is InChI=1S/C22H27N3O5S/c1-5-15-30-21-11-7-18(8-12-21)16-23-24-22(26)17(3)25(31(4,27)28)19-9-13-20(14-10-19)29-6-2/h5,7-14,16-17H,1,6,15H2,2-4H3,(H,24,26)/b23-16-/t17-/m1/s1. The zero-order valence-electron chi connectivity index (χ0n) is 17.8. The number of hydrogen-bond acceptors (Lipinski definition) is 6. The van der Waals surface area contributed by atoms with Gasteiger partial charge in [-0.1, -0.05) is 12.7 Å². The molecule has 0 radical (unpaired) electrons. The van der Waals surface area contributed by atoms with Crippen molar-refractivity contribution >= 4 is 27.8 Å². The highest BCUT2D eigenvalue weighted by Crippen LogP contribution is 2.24. The van der Waals surface area contributed by atoms with Gasteiger partial charge >= 0.3 is 0 Å². The molecule has 9 heteroatoms. The predicted octanol–water partition coefficient (Wildman–Crippen LogP) is 2.95. The molecule has 8 nitrogen and oxygen atoms in total. The molecule has 2 aromatic carbocycles. The molecule has 0 aromatic heterocycles. The lowest BCUT2D eigenvalue weighted by molar-refractivity contribution is -0.121. The van der Waals surface area contributed by atoms with Crippen LogP contribution < -0.4 is 19.2 Å². The van der Waals surface area contributed by atoms with Crippen LogP contribution in [0.3, 0.4) is 0 Å². The average molecular weight is 446 g/mol. The van der Waals surface area contributed by atoms with Gasteiger partial charge in [0.2, 0.25) is 10.0 Å². The Morgan fingerprint density at radius 2 is 1.71 bits per heavy atom. The van der Waals surface area contributed by atoms with Gasteiger partial charge in [-0.2, -0.15) is 5.10 Å². The van der Waals surface area contributed by atoms with Gasteiger partial charge in [0.15, 0.2) is 0 Å². The summed E-state index contributed by atoms with van der Waals surface area (Å²) in [4.78, 5) is 12.6. The molecule has 166 valence electrons. The molecular formula is C22H27N3O5S. The Morgan fingerprint density at radius 1 is 1.13 bits per heavy atom. The quantitative estimate of drug-likeness (QED) is 0.326.